The Morgan fingerprint density at radius 2 is 2.11 bits per heavy atom. The lowest BCUT2D eigenvalue weighted by Crippen LogP contribution is -2.20. The van der Waals surface area contributed by atoms with Gasteiger partial charge in [-0.3, -0.25) is 5.32 Å². The van der Waals surface area contributed by atoms with Gasteiger partial charge in [0.05, 0.1) is 11.3 Å². The Morgan fingerprint density at radius 1 is 1.32 bits per heavy atom. The van der Waals surface area contributed by atoms with Gasteiger partial charge in [-0.15, -0.1) is 11.3 Å². The highest BCUT2D eigenvalue weighted by Crippen LogP contribution is 2.24. The van der Waals surface area contributed by atoms with Crippen LogP contribution >= 0.6 is 22.9 Å². The molecule has 98 valence electrons. The fourth-order valence-electron chi connectivity index (χ4n) is 1.31. The summed E-state index contributed by atoms with van der Waals surface area (Å²) in [6.45, 7) is 0. The van der Waals surface area contributed by atoms with Crippen LogP contribution in [0.15, 0.2) is 29.8 Å². The molecule has 0 unspecified atom stereocenters. The third kappa shape index (κ3) is 3.21. The number of halogens is 1. The Kier molecular flexibility index (Phi) is 3.98. The molecule has 0 aliphatic rings. The van der Waals surface area contributed by atoms with Gasteiger partial charge in [0.2, 0.25) is 0 Å². The van der Waals surface area contributed by atoms with Crippen LogP contribution in [0.3, 0.4) is 0 Å². The third-order valence-electron chi connectivity index (χ3n) is 2.13. The molecule has 0 aliphatic carbocycles. The number of aromatic carboxylic acids is 1. The molecule has 2 rings (SSSR count). The van der Waals surface area contributed by atoms with Crippen LogP contribution in [-0.2, 0) is 0 Å². The second-order valence-corrected chi connectivity index (χ2v) is 4.66. The number of pyridine rings is 1. The average molecular weight is 298 g/mol. The van der Waals surface area contributed by atoms with Gasteiger partial charge in [-0.05, 0) is 23.6 Å². The summed E-state index contributed by atoms with van der Waals surface area (Å²) in [7, 11) is 0. The minimum absolute atomic E-state index is 0.0393. The van der Waals surface area contributed by atoms with Crippen molar-refractivity contribution in [3.05, 3.63) is 40.5 Å². The fraction of sp³-hybridized carbons (Fsp3) is 0. The topological polar surface area (TPSA) is 91.3 Å². The van der Waals surface area contributed by atoms with E-state index in [9.17, 15) is 9.59 Å². The van der Waals surface area contributed by atoms with E-state index in [1.165, 1.54) is 12.3 Å². The van der Waals surface area contributed by atoms with E-state index in [2.05, 4.69) is 15.6 Å². The van der Waals surface area contributed by atoms with E-state index in [1.807, 2.05) is 0 Å². The third-order valence-corrected chi connectivity index (χ3v) is 3.26. The Labute approximate surface area is 117 Å². The molecule has 0 atom stereocenters. The molecule has 8 heteroatoms. The molecule has 0 aliphatic heterocycles. The number of urea groups is 1. The lowest BCUT2D eigenvalue weighted by Gasteiger charge is -2.07. The van der Waals surface area contributed by atoms with Crippen molar-refractivity contribution in [1.82, 2.24) is 4.98 Å². The first-order valence-corrected chi connectivity index (χ1v) is 6.33. The number of aromatic nitrogens is 1. The summed E-state index contributed by atoms with van der Waals surface area (Å²) in [5, 5.41) is 15.8. The SMILES string of the molecule is O=C(Nc1cccnc1Cl)Nc1sccc1C(=O)O. The zero-order chi connectivity index (χ0) is 13.8. The summed E-state index contributed by atoms with van der Waals surface area (Å²) in [6, 6.07) is 4.04. The van der Waals surface area contributed by atoms with Crippen molar-refractivity contribution in [1.29, 1.82) is 0 Å². The molecule has 2 amide bonds. The Morgan fingerprint density at radius 3 is 2.79 bits per heavy atom. The van der Waals surface area contributed by atoms with Gasteiger partial charge in [0.25, 0.3) is 0 Å². The van der Waals surface area contributed by atoms with Crippen LogP contribution in [0.5, 0.6) is 0 Å². The molecule has 2 heterocycles. The molecule has 0 bridgehead atoms. The first-order chi connectivity index (χ1) is 9.08. The van der Waals surface area contributed by atoms with Gasteiger partial charge in [-0.2, -0.15) is 0 Å². The number of carbonyl (C=O) groups excluding carboxylic acids is 1. The molecule has 0 aromatic carbocycles. The molecular formula is C11H8ClN3O3S. The number of anilines is 2. The highest BCUT2D eigenvalue weighted by molar-refractivity contribution is 7.14. The minimum Gasteiger partial charge on any atom is -0.478 e. The van der Waals surface area contributed by atoms with Crippen LogP contribution in [0.25, 0.3) is 0 Å². The second-order valence-electron chi connectivity index (χ2n) is 3.39. The van der Waals surface area contributed by atoms with Crippen molar-refractivity contribution >= 4 is 45.6 Å². The number of thiophene rings is 1. The van der Waals surface area contributed by atoms with Gasteiger partial charge in [-0.25, -0.2) is 14.6 Å². The van der Waals surface area contributed by atoms with Crippen LogP contribution in [0, 0.1) is 0 Å². The van der Waals surface area contributed by atoms with Gasteiger partial charge in [0.15, 0.2) is 5.15 Å². The largest absolute Gasteiger partial charge is 0.478 e. The van der Waals surface area contributed by atoms with Gasteiger partial charge in [-0.1, -0.05) is 11.6 Å². The maximum atomic E-state index is 11.7. The van der Waals surface area contributed by atoms with Crippen LogP contribution in [0.2, 0.25) is 5.15 Å². The zero-order valence-corrected chi connectivity index (χ0v) is 11.0. The molecule has 0 saturated heterocycles. The maximum absolute atomic E-state index is 11.7. The maximum Gasteiger partial charge on any atom is 0.338 e. The van der Waals surface area contributed by atoms with Crippen molar-refractivity contribution in [2.75, 3.05) is 10.6 Å². The summed E-state index contributed by atoms with van der Waals surface area (Å²) in [4.78, 5) is 26.4. The second kappa shape index (κ2) is 5.68. The summed E-state index contributed by atoms with van der Waals surface area (Å²) >= 11 is 6.91. The summed E-state index contributed by atoms with van der Waals surface area (Å²) in [5.41, 5.74) is 0.382. The van der Waals surface area contributed by atoms with E-state index in [0.29, 0.717) is 5.69 Å². The van der Waals surface area contributed by atoms with Crippen LogP contribution in [-0.4, -0.2) is 22.1 Å². The molecule has 0 saturated carbocycles. The van der Waals surface area contributed by atoms with E-state index < -0.39 is 12.0 Å². The highest BCUT2D eigenvalue weighted by Gasteiger charge is 2.14. The zero-order valence-electron chi connectivity index (χ0n) is 9.38. The molecule has 3 N–H and O–H groups in total. The predicted molar refractivity (Wildman–Crippen MR) is 73.2 cm³/mol. The number of nitrogens with one attached hydrogen (secondary N) is 2. The van der Waals surface area contributed by atoms with Gasteiger partial charge < -0.3 is 10.4 Å². The molecule has 6 nitrogen and oxygen atoms in total. The molecule has 2 aromatic heterocycles. The number of carboxylic acids is 1. The Hall–Kier alpha value is -2.12. The predicted octanol–water partition coefficient (Wildman–Crippen LogP) is 3.14. The van der Waals surface area contributed by atoms with E-state index in [1.54, 1.807) is 17.5 Å². The van der Waals surface area contributed by atoms with Gasteiger partial charge in [0.1, 0.15) is 5.00 Å². The first kappa shape index (κ1) is 13.3. The number of rotatable bonds is 3. The first-order valence-electron chi connectivity index (χ1n) is 5.07. The van der Waals surface area contributed by atoms with Gasteiger partial charge >= 0.3 is 12.0 Å². The summed E-state index contributed by atoms with van der Waals surface area (Å²) < 4.78 is 0. The van der Waals surface area contributed by atoms with E-state index in [4.69, 9.17) is 16.7 Å². The van der Waals surface area contributed by atoms with E-state index in [-0.39, 0.29) is 15.7 Å². The van der Waals surface area contributed by atoms with Crippen molar-refractivity contribution in [3.63, 3.8) is 0 Å². The summed E-state index contributed by atoms with van der Waals surface area (Å²) in [5.74, 6) is -1.10. The van der Waals surface area contributed by atoms with Crippen LogP contribution < -0.4 is 10.6 Å². The van der Waals surface area contributed by atoms with Crippen LogP contribution in [0.4, 0.5) is 15.5 Å². The molecule has 0 radical (unpaired) electrons. The van der Waals surface area contributed by atoms with Crippen molar-refractivity contribution < 1.29 is 14.7 Å². The lowest BCUT2D eigenvalue weighted by molar-refractivity contribution is 0.0698. The van der Waals surface area contributed by atoms with Crippen molar-refractivity contribution in [2.24, 2.45) is 0 Å². The normalized spacial score (nSPS) is 9.95. The fourth-order valence-corrected chi connectivity index (χ4v) is 2.25. The highest BCUT2D eigenvalue weighted by atomic mass is 35.5. The Balaban J connectivity index is 2.08. The number of hydrogen-bond acceptors (Lipinski definition) is 4. The summed E-state index contributed by atoms with van der Waals surface area (Å²) in [6.07, 6.45) is 1.49. The van der Waals surface area contributed by atoms with Crippen molar-refractivity contribution in [3.8, 4) is 0 Å². The van der Waals surface area contributed by atoms with Crippen molar-refractivity contribution in [2.45, 2.75) is 0 Å². The van der Waals surface area contributed by atoms with E-state index in [0.717, 1.165) is 11.3 Å². The molecular weight excluding hydrogens is 290 g/mol. The molecule has 0 fully saturated rings. The average Bonchev–Trinajstić information content (AvgIpc) is 2.80. The standard InChI is InChI=1S/C11H8ClN3O3S/c12-8-7(2-1-4-13-8)14-11(18)15-9-6(10(16)17)3-5-19-9/h1-5H,(H,16,17)(H2,14,15,18). The number of amides is 2. The lowest BCUT2D eigenvalue weighted by atomic mass is 10.3. The number of hydrogen-bond donors (Lipinski definition) is 3. The number of carbonyl (C=O) groups is 2. The molecule has 2 aromatic rings. The van der Waals surface area contributed by atoms with Gasteiger partial charge in [0, 0.05) is 6.20 Å². The molecule has 19 heavy (non-hydrogen) atoms. The smallest absolute Gasteiger partial charge is 0.338 e. The number of nitrogens with zero attached hydrogens (tertiary/aromatic N) is 1. The monoisotopic (exact) mass is 297 g/mol. The molecule has 0 spiro atoms. The number of carboxylic acid groups (broad SMARTS) is 1. The van der Waals surface area contributed by atoms with Crippen LogP contribution in [0.1, 0.15) is 10.4 Å². The quantitative estimate of drug-likeness (QED) is 0.759. The Bertz CT molecular complexity index is 629. The minimum atomic E-state index is -1.10. The van der Waals surface area contributed by atoms with E-state index >= 15 is 0 Å².